The molecule has 7 heteroatoms. The first-order valence-electron chi connectivity index (χ1n) is 5.79. The number of anilines is 1. The lowest BCUT2D eigenvalue weighted by Crippen LogP contribution is -2.19. The molecule has 0 aliphatic carbocycles. The van der Waals surface area contributed by atoms with Crippen LogP contribution in [0.25, 0.3) is 0 Å². The van der Waals surface area contributed by atoms with Crippen LogP contribution in [0.15, 0.2) is 18.2 Å². The second kappa shape index (κ2) is 5.22. The highest BCUT2D eigenvalue weighted by Crippen LogP contribution is 2.39. The molecular weight excluding hydrogens is 269 g/mol. The Kier molecular flexibility index (Phi) is 3.82. The summed E-state index contributed by atoms with van der Waals surface area (Å²) in [6.45, 7) is -1.93. The smallest absolute Gasteiger partial charge is 0.420 e. The number of ether oxygens (including phenoxy) is 1. The molecule has 1 saturated heterocycles. The van der Waals surface area contributed by atoms with Crippen LogP contribution in [-0.4, -0.2) is 19.7 Å². The summed E-state index contributed by atoms with van der Waals surface area (Å²) < 4.78 is 66.6. The van der Waals surface area contributed by atoms with Gasteiger partial charge in [-0.3, -0.25) is 0 Å². The summed E-state index contributed by atoms with van der Waals surface area (Å²) in [5.74, 6) is -0.842. The molecule has 0 aromatic heterocycles. The summed E-state index contributed by atoms with van der Waals surface area (Å²) in [6, 6.07) is 3.18. The molecule has 0 radical (unpaired) electrons. The van der Waals surface area contributed by atoms with Crippen LogP contribution < -0.4 is 9.64 Å². The van der Waals surface area contributed by atoms with E-state index in [1.807, 2.05) is 0 Å². The van der Waals surface area contributed by atoms with Crippen molar-refractivity contribution in [2.75, 3.05) is 18.0 Å². The van der Waals surface area contributed by atoms with Crippen molar-refractivity contribution < 1.29 is 26.7 Å². The third-order valence-electron chi connectivity index (χ3n) is 2.96. The molecule has 0 bridgehead atoms. The first kappa shape index (κ1) is 13.9. The van der Waals surface area contributed by atoms with Gasteiger partial charge >= 0.3 is 12.8 Å². The van der Waals surface area contributed by atoms with Crippen molar-refractivity contribution in [3.63, 3.8) is 0 Å². The minimum Gasteiger partial charge on any atom is -0.434 e. The zero-order valence-electron chi connectivity index (χ0n) is 9.88. The first-order chi connectivity index (χ1) is 8.88. The van der Waals surface area contributed by atoms with Crippen molar-refractivity contribution in [3.05, 3.63) is 23.8 Å². The maximum absolute atomic E-state index is 12.8. The highest BCUT2D eigenvalue weighted by atomic mass is 19.4. The second-order valence-electron chi connectivity index (χ2n) is 4.25. The summed E-state index contributed by atoms with van der Waals surface area (Å²) in [5.41, 5.74) is -0.788. The lowest BCUT2D eigenvalue weighted by Gasteiger charge is -2.21. The summed E-state index contributed by atoms with van der Waals surface area (Å²) in [6.07, 6.45) is -2.90. The van der Waals surface area contributed by atoms with Crippen LogP contribution >= 0.6 is 0 Å². The Morgan fingerprint density at radius 3 is 2.26 bits per heavy atom. The topological polar surface area (TPSA) is 12.5 Å². The summed E-state index contributed by atoms with van der Waals surface area (Å²) in [7, 11) is 0. The van der Waals surface area contributed by atoms with Gasteiger partial charge in [0.1, 0.15) is 5.75 Å². The van der Waals surface area contributed by atoms with Crippen molar-refractivity contribution >= 4 is 5.69 Å². The van der Waals surface area contributed by atoms with E-state index >= 15 is 0 Å². The fourth-order valence-corrected chi connectivity index (χ4v) is 2.11. The van der Waals surface area contributed by atoms with Crippen molar-refractivity contribution in [1.82, 2.24) is 0 Å². The highest BCUT2D eigenvalue weighted by Gasteiger charge is 2.36. The molecule has 1 aliphatic heterocycles. The molecule has 1 heterocycles. The van der Waals surface area contributed by atoms with E-state index in [1.165, 1.54) is 6.07 Å². The van der Waals surface area contributed by atoms with Crippen LogP contribution in [0.2, 0.25) is 0 Å². The fourth-order valence-electron chi connectivity index (χ4n) is 2.11. The zero-order chi connectivity index (χ0) is 14.0. The van der Waals surface area contributed by atoms with Gasteiger partial charge in [-0.2, -0.15) is 22.0 Å². The van der Waals surface area contributed by atoms with Gasteiger partial charge < -0.3 is 9.64 Å². The van der Waals surface area contributed by atoms with Gasteiger partial charge in [0.2, 0.25) is 0 Å². The zero-order valence-corrected chi connectivity index (χ0v) is 9.88. The molecule has 2 rings (SSSR count). The van der Waals surface area contributed by atoms with Crippen molar-refractivity contribution in [3.8, 4) is 5.75 Å². The normalized spacial score (nSPS) is 16.2. The van der Waals surface area contributed by atoms with E-state index in [4.69, 9.17) is 0 Å². The third-order valence-corrected chi connectivity index (χ3v) is 2.96. The highest BCUT2D eigenvalue weighted by molar-refractivity contribution is 5.54. The molecule has 0 unspecified atom stereocenters. The molecular formula is C12H12F5NO. The predicted octanol–water partition coefficient (Wildman–Crippen LogP) is 3.91. The first-order valence-corrected chi connectivity index (χ1v) is 5.79. The Morgan fingerprint density at radius 1 is 1.11 bits per heavy atom. The predicted molar refractivity (Wildman–Crippen MR) is 59.5 cm³/mol. The maximum atomic E-state index is 12.8. The van der Waals surface area contributed by atoms with Crippen LogP contribution in [0.3, 0.4) is 0 Å². The fraction of sp³-hybridized carbons (Fsp3) is 0.500. The number of alkyl halides is 5. The van der Waals surface area contributed by atoms with Gasteiger partial charge in [-0.05, 0) is 31.0 Å². The van der Waals surface area contributed by atoms with E-state index in [2.05, 4.69) is 4.74 Å². The molecule has 0 N–H and O–H groups in total. The van der Waals surface area contributed by atoms with E-state index in [0.717, 1.165) is 25.0 Å². The van der Waals surface area contributed by atoms with Gasteiger partial charge in [0.05, 0.1) is 5.56 Å². The standard InChI is InChI=1S/C12H12F5NO/c13-11(14)19-10-4-3-8(18-5-1-2-6-18)7-9(10)12(15,16)17/h3-4,7,11H,1-2,5-6H2. The van der Waals surface area contributed by atoms with Gasteiger partial charge in [0.15, 0.2) is 0 Å². The molecule has 1 aliphatic rings. The Balaban J connectivity index is 2.35. The Labute approximate surface area is 106 Å². The van der Waals surface area contributed by atoms with Crippen LogP contribution in [0.4, 0.5) is 27.6 Å². The minimum absolute atomic E-state index is 0.381. The third kappa shape index (κ3) is 3.27. The van der Waals surface area contributed by atoms with Gasteiger partial charge in [0.25, 0.3) is 0 Å². The molecule has 19 heavy (non-hydrogen) atoms. The number of benzene rings is 1. The molecule has 2 nitrogen and oxygen atoms in total. The Bertz CT molecular complexity index is 440. The Hall–Kier alpha value is -1.53. The molecule has 1 fully saturated rings. The lowest BCUT2D eigenvalue weighted by atomic mass is 10.1. The van der Waals surface area contributed by atoms with E-state index < -0.39 is 24.1 Å². The molecule has 1 aromatic carbocycles. The number of hydrogen-bond acceptors (Lipinski definition) is 2. The molecule has 0 atom stereocenters. The molecule has 0 spiro atoms. The quantitative estimate of drug-likeness (QED) is 0.779. The number of nitrogens with zero attached hydrogens (tertiary/aromatic N) is 1. The van der Waals surface area contributed by atoms with Crippen LogP contribution in [-0.2, 0) is 6.18 Å². The van der Waals surface area contributed by atoms with Gasteiger partial charge in [-0.25, -0.2) is 0 Å². The number of halogens is 5. The molecule has 1 aromatic rings. The Morgan fingerprint density at radius 2 is 1.74 bits per heavy atom. The summed E-state index contributed by atoms with van der Waals surface area (Å²) >= 11 is 0. The van der Waals surface area contributed by atoms with Crippen LogP contribution in [0.1, 0.15) is 18.4 Å². The number of rotatable bonds is 3. The van der Waals surface area contributed by atoms with E-state index in [-0.39, 0.29) is 0 Å². The summed E-state index contributed by atoms with van der Waals surface area (Å²) in [5, 5.41) is 0. The molecule has 0 saturated carbocycles. The average molecular weight is 281 g/mol. The monoisotopic (exact) mass is 281 g/mol. The van der Waals surface area contributed by atoms with Crippen molar-refractivity contribution in [1.29, 1.82) is 0 Å². The second-order valence-corrected chi connectivity index (χ2v) is 4.25. The van der Waals surface area contributed by atoms with Gasteiger partial charge in [-0.15, -0.1) is 0 Å². The largest absolute Gasteiger partial charge is 0.434 e. The molecule has 106 valence electrons. The minimum atomic E-state index is -4.72. The van der Waals surface area contributed by atoms with E-state index in [0.29, 0.717) is 18.8 Å². The number of hydrogen-bond donors (Lipinski definition) is 0. The van der Waals surface area contributed by atoms with Crippen LogP contribution in [0.5, 0.6) is 5.75 Å². The van der Waals surface area contributed by atoms with Gasteiger partial charge in [0, 0.05) is 18.8 Å². The van der Waals surface area contributed by atoms with Crippen molar-refractivity contribution in [2.45, 2.75) is 25.6 Å². The van der Waals surface area contributed by atoms with Gasteiger partial charge in [-0.1, -0.05) is 0 Å². The van der Waals surface area contributed by atoms with E-state index in [1.54, 1.807) is 4.90 Å². The molecule has 0 amide bonds. The van der Waals surface area contributed by atoms with Crippen molar-refractivity contribution in [2.24, 2.45) is 0 Å². The van der Waals surface area contributed by atoms with Crippen LogP contribution in [0, 0.1) is 0 Å². The van der Waals surface area contributed by atoms with E-state index in [9.17, 15) is 22.0 Å². The summed E-state index contributed by atoms with van der Waals surface area (Å²) in [4.78, 5) is 1.79. The maximum Gasteiger partial charge on any atom is 0.420 e. The SMILES string of the molecule is FC(F)Oc1ccc(N2CCCC2)cc1C(F)(F)F. The lowest BCUT2D eigenvalue weighted by molar-refractivity contribution is -0.141. The average Bonchev–Trinajstić information content (AvgIpc) is 2.80.